The molecular formula is C24H25N3O7S2. The van der Waals surface area contributed by atoms with Crippen molar-refractivity contribution >= 4 is 49.7 Å². The lowest BCUT2D eigenvalue weighted by atomic mass is 10.1. The Kier molecular flexibility index (Phi) is 7.51. The maximum absolute atomic E-state index is 12.2. The summed E-state index contributed by atoms with van der Waals surface area (Å²) in [5.74, 6) is -1.57. The molecule has 0 saturated carbocycles. The van der Waals surface area contributed by atoms with E-state index in [9.17, 15) is 26.4 Å². The zero-order valence-corrected chi connectivity index (χ0v) is 21.3. The fourth-order valence-corrected chi connectivity index (χ4v) is 6.37. The van der Waals surface area contributed by atoms with Crippen LogP contribution in [0, 0.1) is 0 Å². The zero-order valence-electron chi connectivity index (χ0n) is 19.7. The number of sulfone groups is 2. The molecule has 12 heteroatoms. The number of ether oxygens (including phenoxy) is 1. The SMILES string of the molecule is CC1C=Cc2ccc(C(=O)N=C(N)N)cc2S1(=O)=O.COC(=O)c1ccc2c(c1)S(=O)(=O)C(C)C=C2. The fraction of sp³-hybridized carbons (Fsp3) is 0.208. The smallest absolute Gasteiger partial charge is 0.337 e. The van der Waals surface area contributed by atoms with Crippen molar-refractivity contribution in [1.82, 2.24) is 0 Å². The number of fused-ring (bicyclic) bond motifs is 2. The first-order valence-corrected chi connectivity index (χ1v) is 13.7. The highest BCUT2D eigenvalue weighted by molar-refractivity contribution is 7.92. The molecule has 2 aromatic carbocycles. The summed E-state index contributed by atoms with van der Waals surface area (Å²) in [5.41, 5.74) is 11.8. The molecule has 2 atom stereocenters. The van der Waals surface area contributed by atoms with Crippen LogP contribution < -0.4 is 11.5 Å². The highest BCUT2D eigenvalue weighted by Gasteiger charge is 2.29. The van der Waals surface area contributed by atoms with Gasteiger partial charge in [-0.15, -0.1) is 0 Å². The average molecular weight is 532 g/mol. The summed E-state index contributed by atoms with van der Waals surface area (Å²) >= 11 is 0. The van der Waals surface area contributed by atoms with Gasteiger partial charge in [0.2, 0.25) is 0 Å². The van der Waals surface area contributed by atoms with Gasteiger partial charge in [0.25, 0.3) is 5.91 Å². The van der Waals surface area contributed by atoms with E-state index >= 15 is 0 Å². The highest BCUT2D eigenvalue weighted by Crippen LogP contribution is 2.29. The molecule has 0 bridgehead atoms. The molecule has 190 valence electrons. The average Bonchev–Trinajstić information content (AvgIpc) is 2.83. The van der Waals surface area contributed by atoms with Crippen LogP contribution in [0.2, 0.25) is 0 Å². The molecule has 0 saturated heterocycles. The number of methoxy groups -OCH3 is 1. The molecule has 1 amide bonds. The number of carbonyl (C=O) groups is 2. The Hall–Kier alpha value is -3.77. The van der Waals surface area contributed by atoms with E-state index in [4.69, 9.17) is 11.5 Å². The third-order valence-electron chi connectivity index (χ3n) is 5.61. The number of nitrogens with two attached hydrogens (primary N) is 2. The topological polar surface area (TPSA) is 176 Å². The van der Waals surface area contributed by atoms with Gasteiger partial charge in [-0.1, -0.05) is 36.4 Å². The predicted octanol–water partition coefficient (Wildman–Crippen LogP) is 1.95. The van der Waals surface area contributed by atoms with Crippen molar-refractivity contribution in [2.24, 2.45) is 16.5 Å². The van der Waals surface area contributed by atoms with Crippen LogP contribution in [0.1, 0.15) is 45.7 Å². The number of hydrogen-bond donors (Lipinski definition) is 2. The van der Waals surface area contributed by atoms with Crippen molar-refractivity contribution < 1.29 is 31.2 Å². The van der Waals surface area contributed by atoms with Crippen LogP contribution in [0.5, 0.6) is 0 Å². The van der Waals surface area contributed by atoms with Crippen LogP contribution in [-0.2, 0) is 24.4 Å². The lowest BCUT2D eigenvalue weighted by Gasteiger charge is -2.17. The Morgan fingerprint density at radius 1 is 0.806 bits per heavy atom. The molecule has 0 aromatic heterocycles. The second-order valence-electron chi connectivity index (χ2n) is 8.06. The van der Waals surface area contributed by atoms with Crippen molar-refractivity contribution in [3.8, 4) is 0 Å². The molecule has 0 aliphatic carbocycles. The van der Waals surface area contributed by atoms with Crippen LogP contribution >= 0.6 is 0 Å². The van der Waals surface area contributed by atoms with Gasteiger partial charge in [-0.3, -0.25) is 4.79 Å². The molecule has 2 aromatic rings. The van der Waals surface area contributed by atoms with Gasteiger partial charge in [0.1, 0.15) is 0 Å². The summed E-state index contributed by atoms with van der Waals surface area (Å²) < 4.78 is 53.0. The van der Waals surface area contributed by atoms with Gasteiger partial charge in [-0.25, -0.2) is 21.6 Å². The minimum absolute atomic E-state index is 0.124. The number of benzene rings is 2. The number of guanidine groups is 1. The molecule has 2 heterocycles. The minimum Gasteiger partial charge on any atom is -0.465 e. The number of amides is 1. The first-order valence-electron chi connectivity index (χ1n) is 10.6. The van der Waals surface area contributed by atoms with Crippen molar-refractivity contribution in [3.05, 3.63) is 70.8 Å². The number of carbonyl (C=O) groups excluding carboxylic acids is 2. The summed E-state index contributed by atoms with van der Waals surface area (Å²) in [5, 5.41) is -1.18. The Morgan fingerprint density at radius 3 is 1.69 bits per heavy atom. The molecule has 0 radical (unpaired) electrons. The fourth-order valence-electron chi connectivity index (χ4n) is 3.48. The largest absolute Gasteiger partial charge is 0.465 e. The van der Waals surface area contributed by atoms with Crippen molar-refractivity contribution in [2.45, 2.75) is 34.1 Å². The summed E-state index contributed by atoms with van der Waals surface area (Å²) in [6.45, 7) is 3.19. The maximum atomic E-state index is 12.2. The van der Waals surface area contributed by atoms with Crippen LogP contribution in [0.3, 0.4) is 0 Å². The molecule has 2 unspecified atom stereocenters. The van der Waals surface area contributed by atoms with Crippen molar-refractivity contribution in [1.29, 1.82) is 0 Å². The monoisotopic (exact) mass is 531 g/mol. The van der Waals surface area contributed by atoms with E-state index in [0.29, 0.717) is 11.1 Å². The number of nitrogens with zero attached hydrogens (tertiary/aromatic N) is 1. The van der Waals surface area contributed by atoms with Gasteiger partial charge in [-0.2, -0.15) is 4.99 Å². The van der Waals surface area contributed by atoms with Gasteiger partial charge >= 0.3 is 5.97 Å². The predicted molar refractivity (Wildman–Crippen MR) is 136 cm³/mol. The van der Waals surface area contributed by atoms with Gasteiger partial charge < -0.3 is 16.2 Å². The third-order valence-corrected chi connectivity index (χ3v) is 9.82. The Balaban J connectivity index is 0.000000202. The van der Waals surface area contributed by atoms with E-state index in [2.05, 4.69) is 9.73 Å². The first-order chi connectivity index (χ1) is 16.8. The molecule has 4 rings (SSSR count). The van der Waals surface area contributed by atoms with Crippen LogP contribution in [0.15, 0.2) is 63.3 Å². The quantitative estimate of drug-likeness (QED) is 0.333. The Labute approximate surface area is 209 Å². The van der Waals surface area contributed by atoms with Crippen molar-refractivity contribution in [3.63, 3.8) is 0 Å². The third kappa shape index (κ3) is 5.24. The molecule has 0 spiro atoms. The van der Waals surface area contributed by atoms with E-state index in [1.165, 1.54) is 25.3 Å². The number of hydrogen-bond acceptors (Lipinski definition) is 7. The first kappa shape index (κ1) is 26.8. The van der Waals surface area contributed by atoms with Gasteiger partial charge in [0, 0.05) is 5.56 Å². The molecule has 4 N–H and O–H groups in total. The van der Waals surface area contributed by atoms with Crippen LogP contribution in [-0.4, -0.2) is 52.3 Å². The molecule has 0 fully saturated rings. The summed E-state index contributed by atoms with van der Waals surface area (Å²) in [6.07, 6.45) is 6.71. The second kappa shape index (κ2) is 10.1. The highest BCUT2D eigenvalue weighted by atomic mass is 32.2. The standard InChI is InChI=1S/C12H13N3O3S.C12H12O4S/c1-7-2-3-8-4-5-9(11(16)15-12(13)14)6-10(8)19(7,17)18;1-8-3-4-9-5-6-10(12(13)16-2)7-11(9)17(8,14)15/h2-7H,1H3,(H4,13,14,15,16);3-8H,1-2H3. The second-order valence-corrected chi connectivity index (χ2v) is 12.6. The maximum Gasteiger partial charge on any atom is 0.337 e. The number of esters is 1. The van der Waals surface area contributed by atoms with E-state index in [-0.39, 0.29) is 26.9 Å². The number of aliphatic imine (C=N–C) groups is 1. The van der Waals surface area contributed by atoms with E-state index in [1.807, 2.05) is 0 Å². The Bertz CT molecular complexity index is 1540. The minimum atomic E-state index is -3.46. The van der Waals surface area contributed by atoms with E-state index < -0.39 is 42.1 Å². The summed E-state index contributed by atoms with van der Waals surface area (Å²) in [4.78, 5) is 26.7. The lowest BCUT2D eigenvalue weighted by molar-refractivity contribution is 0.0600. The zero-order chi connectivity index (χ0) is 26.8. The van der Waals surface area contributed by atoms with Crippen LogP contribution in [0.4, 0.5) is 0 Å². The molecule has 36 heavy (non-hydrogen) atoms. The van der Waals surface area contributed by atoms with Gasteiger partial charge in [0.05, 0.1) is 33.0 Å². The summed E-state index contributed by atoms with van der Waals surface area (Å²) in [7, 11) is -5.57. The van der Waals surface area contributed by atoms with Gasteiger partial charge in [0.15, 0.2) is 25.6 Å². The molecular weight excluding hydrogens is 506 g/mol. The van der Waals surface area contributed by atoms with Gasteiger partial charge in [-0.05, 0) is 49.2 Å². The molecule has 2 aliphatic heterocycles. The Morgan fingerprint density at radius 2 is 1.25 bits per heavy atom. The molecule has 10 nitrogen and oxygen atoms in total. The van der Waals surface area contributed by atoms with E-state index in [1.54, 1.807) is 56.4 Å². The normalized spacial score (nSPS) is 20.1. The van der Waals surface area contributed by atoms with Crippen molar-refractivity contribution in [2.75, 3.05) is 7.11 Å². The lowest BCUT2D eigenvalue weighted by Crippen LogP contribution is -2.24. The van der Waals surface area contributed by atoms with Crippen LogP contribution in [0.25, 0.3) is 12.2 Å². The molecule has 2 aliphatic rings. The van der Waals surface area contributed by atoms with E-state index in [0.717, 1.165) is 0 Å². The summed E-state index contributed by atoms with van der Waals surface area (Å²) in [6, 6.07) is 8.89. The number of rotatable bonds is 2.